The van der Waals surface area contributed by atoms with E-state index in [1.165, 1.54) is 12.8 Å². The van der Waals surface area contributed by atoms with Crippen molar-refractivity contribution < 1.29 is 0 Å². The average Bonchev–Trinajstić information content (AvgIpc) is 2.91. The Morgan fingerprint density at radius 3 is 3.04 bits per heavy atom. The Hall–Kier alpha value is -1.73. The van der Waals surface area contributed by atoms with Crippen molar-refractivity contribution in [1.82, 2.24) is 29.8 Å². The lowest BCUT2D eigenvalue weighted by Crippen LogP contribution is -2.48. The highest BCUT2D eigenvalue weighted by Gasteiger charge is 2.19. The van der Waals surface area contributed by atoms with E-state index in [1.807, 2.05) is 10.7 Å². The van der Waals surface area contributed by atoms with Gasteiger partial charge in [-0.1, -0.05) is 26.7 Å². The van der Waals surface area contributed by atoms with E-state index in [-0.39, 0.29) is 0 Å². The number of anilines is 1. The highest BCUT2D eigenvalue weighted by atomic mass is 15.3. The summed E-state index contributed by atoms with van der Waals surface area (Å²) in [5.74, 6) is 1.85. The van der Waals surface area contributed by atoms with Crippen LogP contribution in [0.5, 0.6) is 0 Å². The van der Waals surface area contributed by atoms with Gasteiger partial charge in [0.05, 0.1) is 11.9 Å². The summed E-state index contributed by atoms with van der Waals surface area (Å²) in [7, 11) is 0. The van der Waals surface area contributed by atoms with Crippen LogP contribution in [0.4, 0.5) is 5.82 Å². The molecule has 132 valence electrons. The second-order valence-electron chi connectivity index (χ2n) is 7.09. The van der Waals surface area contributed by atoms with Crippen molar-refractivity contribution in [3.8, 4) is 0 Å². The number of fused-ring (bicyclic) bond motifs is 1. The van der Waals surface area contributed by atoms with E-state index in [9.17, 15) is 0 Å². The Bertz CT molecular complexity index is 681. The summed E-state index contributed by atoms with van der Waals surface area (Å²) in [6.07, 6.45) is 5.09. The van der Waals surface area contributed by atoms with E-state index >= 15 is 0 Å². The highest BCUT2D eigenvalue weighted by molar-refractivity contribution is 5.59. The molecule has 3 N–H and O–H groups in total. The maximum Gasteiger partial charge on any atom is 0.196 e. The Morgan fingerprint density at radius 1 is 1.46 bits per heavy atom. The Kier molecular flexibility index (Phi) is 5.30. The third kappa shape index (κ3) is 3.84. The van der Waals surface area contributed by atoms with Crippen molar-refractivity contribution in [1.29, 1.82) is 0 Å². The van der Waals surface area contributed by atoms with Gasteiger partial charge in [-0.3, -0.25) is 4.90 Å². The predicted molar refractivity (Wildman–Crippen MR) is 95.7 cm³/mol. The molecule has 0 saturated carbocycles. The van der Waals surface area contributed by atoms with Crippen molar-refractivity contribution in [2.75, 3.05) is 25.4 Å². The van der Waals surface area contributed by atoms with Crippen molar-refractivity contribution in [3.05, 3.63) is 17.7 Å². The molecule has 2 aromatic heterocycles. The van der Waals surface area contributed by atoms with Gasteiger partial charge in [0.2, 0.25) is 0 Å². The van der Waals surface area contributed by atoms with Gasteiger partial charge in [-0.05, 0) is 12.8 Å². The maximum absolute atomic E-state index is 6.12. The first-order chi connectivity index (χ1) is 11.6. The molecule has 0 aliphatic carbocycles. The molecule has 7 nitrogen and oxygen atoms in total. The van der Waals surface area contributed by atoms with Gasteiger partial charge >= 0.3 is 0 Å². The number of aromatic nitrogens is 4. The summed E-state index contributed by atoms with van der Waals surface area (Å²) in [5, 5.41) is 8.19. The maximum atomic E-state index is 6.12. The van der Waals surface area contributed by atoms with Crippen LogP contribution in [-0.2, 0) is 13.0 Å². The van der Waals surface area contributed by atoms with Crippen LogP contribution in [0.3, 0.4) is 0 Å². The number of nitrogens with zero attached hydrogens (tertiary/aromatic N) is 5. The number of piperazine rings is 1. The average molecular weight is 331 g/mol. The van der Waals surface area contributed by atoms with E-state index in [4.69, 9.17) is 10.8 Å². The van der Waals surface area contributed by atoms with E-state index in [0.717, 1.165) is 44.1 Å². The van der Waals surface area contributed by atoms with E-state index in [0.29, 0.717) is 23.4 Å². The number of nitrogen functional groups attached to an aromatic ring is 1. The molecule has 24 heavy (non-hydrogen) atoms. The molecule has 0 radical (unpaired) electrons. The molecule has 0 spiro atoms. The Balaban J connectivity index is 1.82. The minimum atomic E-state index is 0.476. The molecule has 2 unspecified atom stereocenters. The smallest absolute Gasteiger partial charge is 0.196 e. The molecular weight excluding hydrogens is 302 g/mol. The van der Waals surface area contributed by atoms with Crippen molar-refractivity contribution >= 4 is 11.5 Å². The zero-order valence-corrected chi connectivity index (χ0v) is 15.0. The zero-order valence-electron chi connectivity index (χ0n) is 15.0. The van der Waals surface area contributed by atoms with Gasteiger partial charge in [0, 0.05) is 38.6 Å². The largest absolute Gasteiger partial charge is 0.380 e. The molecule has 3 heterocycles. The first-order valence-electron chi connectivity index (χ1n) is 9.01. The summed E-state index contributed by atoms with van der Waals surface area (Å²) < 4.78 is 1.89. The molecule has 0 amide bonds. The molecule has 2 atom stereocenters. The van der Waals surface area contributed by atoms with Crippen LogP contribution < -0.4 is 11.1 Å². The fourth-order valence-corrected chi connectivity index (χ4v) is 3.48. The number of nitrogens with two attached hydrogens (primary N) is 1. The SMILES string of the molecule is CCCC(C)Cc1nc(N)c2ncc(CN3CCNC(C)C3)n2n1. The van der Waals surface area contributed by atoms with Crippen LogP contribution in [0.25, 0.3) is 5.65 Å². The first kappa shape index (κ1) is 17.1. The second kappa shape index (κ2) is 7.44. The number of nitrogens with one attached hydrogen (secondary N) is 1. The van der Waals surface area contributed by atoms with Crippen LogP contribution in [-0.4, -0.2) is 50.2 Å². The fraction of sp³-hybridized carbons (Fsp3) is 0.706. The lowest BCUT2D eigenvalue weighted by molar-refractivity contribution is 0.196. The summed E-state index contributed by atoms with van der Waals surface area (Å²) in [4.78, 5) is 11.3. The van der Waals surface area contributed by atoms with Crippen LogP contribution in [0.15, 0.2) is 6.20 Å². The van der Waals surface area contributed by atoms with Gasteiger partial charge < -0.3 is 11.1 Å². The highest BCUT2D eigenvalue weighted by Crippen LogP contribution is 2.16. The number of imidazole rings is 1. The van der Waals surface area contributed by atoms with Gasteiger partial charge in [0.25, 0.3) is 0 Å². The molecule has 3 rings (SSSR count). The van der Waals surface area contributed by atoms with E-state index < -0.39 is 0 Å². The lowest BCUT2D eigenvalue weighted by Gasteiger charge is -2.31. The van der Waals surface area contributed by atoms with Crippen LogP contribution in [0, 0.1) is 5.92 Å². The summed E-state index contributed by atoms with van der Waals surface area (Å²) in [6.45, 7) is 10.6. The third-order valence-corrected chi connectivity index (χ3v) is 4.65. The molecular formula is C17H29N7. The second-order valence-corrected chi connectivity index (χ2v) is 7.09. The molecule has 0 bridgehead atoms. The van der Waals surface area contributed by atoms with Gasteiger partial charge in [0.1, 0.15) is 0 Å². The number of rotatable bonds is 6. The van der Waals surface area contributed by atoms with Crippen molar-refractivity contribution in [2.45, 2.75) is 52.6 Å². The molecule has 1 aliphatic heterocycles. The normalized spacial score (nSPS) is 20.5. The molecule has 7 heteroatoms. The monoisotopic (exact) mass is 331 g/mol. The Labute approximate surface area is 143 Å². The predicted octanol–water partition coefficient (Wildman–Crippen LogP) is 1.48. The molecule has 1 aliphatic rings. The van der Waals surface area contributed by atoms with Crippen molar-refractivity contribution in [3.63, 3.8) is 0 Å². The van der Waals surface area contributed by atoms with E-state index in [1.54, 1.807) is 0 Å². The minimum Gasteiger partial charge on any atom is -0.380 e. The number of hydrogen-bond donors (Lipinski definition) is 2. The van der Waals surface area contributed by atoms with Crippen LogP contribution in [0.1, 0.15) is 45.1 Å². The van der Waals surface area contributed by atoms with Gasteiger partial charge in [-0.25, -0.2) is 14.5 Å². The molecule has 0 aromatic carbocycles. The first-order valence-corrected chi connectivity index (χ1v) is 9.01. The lowest BCUT2D eigenvalue weighted by atomic mass is 10.0. The molecule has 2 aromatic rings. The Morgan fingerprint density at radius 2 is 2.29 bits per heavy atom. The third-order valence-electron chi connectivity index (χ3n) is 4.65. The van der Waals surface area contributed by atoms with Crippen LogP contribution in [0.2, 0.25) is 0 Å². The number of hydrogen-bond acceptors (Lipinski definition) is 6. The summed E-state index contributed by atoms with van der Waals surface area (Å²) in [6, 6.07) is 0.517. The zero-order chi connectivity index (χ0) is 17.1. The quantitative estimate of drug-likeness (QED) is 0.834. The van der Waals surface area contributed by atoms with Crippen LogP contribution >= 0.6 is 0 Å². The minimum absolute atomic E-state index is 0.476. The standard InChI is InChI=1S/C17H29N7/c1-4-5-12(2)8-15-21-16(18)17-20-9-14(24(17)22-15)11-23-7-6-19-13(3)10-23/h9,12-13,19H,4-8,10-11H2,1-3H3,(H2,18,21,22). The van der Waals surface area contributed by atoms with Gasteiger partial charge in [-0.2, -0.15) is 5.10 Å². The van der Waals surface area contributed by atoms with Gasteiger partial charge in [-0.15, -0.1) is 0 Å². The topological polar surface area (TPSA) is 84.4 Å². The molecule has 1 saturated heterocycles. The van der Waals surface area contributed by atoms with Gasteiger partial charge in [0.15, 0.2) is 17.3 Å². The van der Waals surface area contributed by atoms with Crippen molar-refractivity contribution in [2.24, 2.45) is 5.92 Å². The summed E-state index contributed by atoms with van der Waals surface area (Å²) in [5.41, 5.74) is 7.87. The summed E-state index contributed by atoms with van der Waals surface area (Å²) >= 11 is 0. The van der Waals surface area contributed by atoms with E-state index in [2.05, 4.69) is 41.0 Å². The molecule has 1 fully saturated rings. The fourth-order valence-electron chi connectivity index (χ4n) is 3.48.